The molecule has 29 heavy (non-hydrogen) atoms. The van der Waals surface area contributed by atoms with Crippen LogP contribution in [-0.4, -0.2) is 27.5 Å². The molecule has 2 aromatic heterocycles. The van der Waals surface area contributed by atoms with Crippen molar-refractivity contribution >= 4 is 68.3 Å². The number of amides is 2. The van der Waals surface area contributed by atoms with Crippen molar-refractivity contribution in [1.82, 2.24) is 9.97 Å². The highest BCUT2D eigenvalue weighted by Crippen LogP contribution is 2.20. The lowest BCUT2D eigenvalue weighted by Crippen LogP contribution is -2.23. The van der Waals surface area contributed by atoms with Crippen molar-refractivity contribution in [2.45, 2.75) is 5.16 Å². The van der Waals surface area contributed by atoms with Gasteiger partial charge in [0.15, 0.2) is 27.1 Å². The summed E-state index contributed by atoms with van der Waals surface area (Å²) in [6, 6.07) is 9.60. The fourth-order valence-electron chi connectivity index (χ4n) is 2.13. The number of carbonyl (C=O) groups excluding carboxylic acids is 2. The van der Waals surface area contributed by atoms with E-state index in [0.717, 1.165) is 11.8 Å². The summed E-state index contributed by atoms with van der Waals surface area (Å²) in [5.74, 6) is -1.17. The normalized spacial score (nSPS) is 10.6. The van der Waals surface area contributed by atoms with E-state index in [1.165, 1.54) is 12.1 Å². The standard InChI is InChI=1S/C17H13BrClN5O4S/c18-11-6-5-10(28-11)15(26)22-13-14(20)23-17(24-16(13)27)29-7-12(25)21-9-3-1-8(19)2-4-9/h1-6H,7H2,(H,21,25)(H,22,26)(H3,20,23,24,27). The average molecular weight is 499 g/mol. The van der Waals surface area contributed by atoms with Crippen molar-refractivity contribution in [3.05, 3.63) is 62.2 Å². The van der Waals surface area contributed by atoms with Crippen LogP contribution in [0.2, 0.25) is 5.02 Å². The molecule has 0 fully saturated rings. The molecule has 3 rings (SSSR count). The zero-order valence-electron chi connectivity index (χ0n) is 14.5. The molecule has 2 amide bonds. The van der Waals surface area contributed by atoms with Gasteiger partial charge < -0.3 is 20.8 Å². The van der Waals surface area contributed by atoms with Crippen molar-refractivity contribution in [3.8, 4) is 0 Å². The van der Waals surface area contributed by atoms with Crippen molar-refractivity contribution in [3.63, 3.8) is 0 Å². The van der Waals surface area contributed by atoms with Crippen LogP contribution in [0.25, 0.3) is 0 Å². The molecule has 1 aromatic carbocycles. The first-order chi connectivity index (χ1) is 13.8. The lowest BCUT2D eigenvalue weighted by atomic mass is 10.3. The first kappa shape index (κ1) is 21.0. The number of anilines is 3. The third-order valence-electron chi connectivity index (χ3n) is 3.43. The van der Waals surface area contributed by atoms with Gasteiger partial charge in [0, 0.05) is 10.7 Å². The highest BCUT2D eigenvalue weighted by atomic mass is 79.9. The van der Waals surface area contributed by atoms with Crippen molar-refractivity contribution < 1.29 is 14.0 Å². The fourth-order valence-corrected chi connectivity index (χ4v) is 3.23. The van der Waals surface area contributed by atoms with E-state index >= 15 is 0 Å². The molecule has 0 atom stereocenters. The monoisotopic (exact) mass is 497 g/mol. The number of carbonyl (C=O) groups is 2. The number of thioether (sulfide) groups is 1. The van der Waals surface area contributed by atoms with Crippen LogP contribution in [0.5, 0.6) is 0 Å². The molecule has 3 aromatic rings. The molecule has 9 nitrogen and oxygen atoms in total. The van der Waals surface area contributed by atoms with Crippen LogP contribution in [-0.2, 0) is 4.79 Å². The molecule has 0 radical (unpaired) electrons. The molecule has 0 aliphatic carbocycles. The van der Waals surface area contributed by atoms with Crippen LogP contribution < -0.4 is 21.9 Å². The number of hydrogen-bond acceptors (Lipinski definition) is 7. The Morgan fingerprint density at radius 2 is 1.93 bits per heavy atom. The van der Waals surface area contributed by atoms with Crippen molar-refractivity contribution in [2.24, 2.45) is 0 Å². The summed E-state index contributed by atoms with van der Waals surface area (Å²) in [4.78, 5) is 42.8. The zero-order chi connectivity index (χ0) is 21.0. The van der Waals surface area contributed by atoms with Gasteiger partial charge in [-0.3, -0.25) is 19.4 Å². The number of nitrogens with two attached hydrogens (primary N) is 1. The van der Waals surface area contributed by atoms with Crippen LogP contribution in [0.3, 0.4) is 0 Å². The number of nitrogens with one attached hydrogen (secondary N) is 3. The van der Waals surface area contributed by atoms with E-state index in [-0.39, 0.29) is 34.1 Å². The third kappa shape index (κ3) is 5.62. The maximum absolute atomic E-state index is 12.2. The van der Waals surface area contributed by atoms with E-state index < -0.39 is 11.5 Å². The van der Waals surface area contributed by atoms with Crippen LogP contribution in [0.1, 0.15) is 10.6 Å². The molecule has 0 unspecified atom stereocenters. The van der Waals surface area contributed by atoms with Crippen LogP contribution in [0.4, 0.5) is 17.2 Å². The van der Waals surface area contributed by atoms with Gasteiger partial charge >= 0.3 is 0 Å². The topological polar surface area (TPSA) is 143 Å². The van der Waals surface area contributed by atoms with E-state index in [2.05, 4.69) is 36.5 Å². The van der Waals surface area contributed by atoms with Crippen LogP contribution >= 0.6 is 39.3 Å². The predicted molar refractivity (Wildman–Crippen MR) is 114 cm³/mol. The fraction of sp³-hybridized carbons (Fsp3) is 0.0588. The number of H-pyrrole nitrogens is 1. The number of rotatable bonds is 6. The second-order valence-electron chi connectivity index (χ2n) is 5.53. The SMILES string of the molecule is Nc1nc(SCC(=O)Nc2ccc(Cl)cc2)[nH]c(=O)c1NC(=O)c1ccc(Br)o1. The molecule has 0 bridgehead atoms. The zero-order valence-corrected chi connectivity index (χ0v) is 17.7. The Balaban J connectivity index is 1.62. The number of halogens is 2. The minimum absolute atomic E-state index is 0.00648. The second-order valence-corrected chi connectivity index (χ2v) is 7.72. The lowest BCUT2D eigenvalue weighted by Gasteiger charge is -2.08. The number of furan rings is 1. The Morgan fingerprint density at radius 3 is 2.55 bits per heavy atom. The van der Waals surface area contributed by atoms with Gasteiger partial charge in [0.1, 0.15) is 0 Å². The smallest absolute Gasteiger partial charge is 0.291 e. The minimum atomic E-state index is -0.655. The van der Waals surface area contributed by atoms with E-state index in [1.807, 2.05) is 0 Å². The summed E-state index contributed by atoms with van der Waals surface area (Å²) in [6.45, 7) is 0. The minimum Gasteiger partial charge on any atom is -0.444 e. The predicted octanol–water partition coefficient (Wildman–Crippen LogP) is 3.34. The Kier molecular flexibility index (Phi) is 6.62. The largest absolute Gasteiger partial charge is 0.444 e. The van der Waals surface area contributed by atoms with E-state index in [0.29, 0.717) is 15.4 Å². The van der Waals surface area contributed by atoms with Crippen molar-refractivity contribution in [1.29, 1.82) is 0 Å². The molecular formula is C17H13BrClN5O4S. The van der Waals surface area contributed by atoms with Crippen molar-refractivity contribution in [2.75, 3.05) is 22.1 Å². The highest BCUT2D eigenvalue weighted by molar-refractivity contribution is 9.10. The maximum Gasteiger partial charge on any atom is 0.291 e. The summed E-state index contributed by atoms with van der Waals surface area (Å²) < 4.78 is 5.48. The maximum atomic E-state index is 12.2. The average Bonchev–Trinajstić information content (AvgIpc) is 3.11. The molecule has 0 spiro atoms. The van der Waals surface area contributed by atoms with Crippen LogP contribution in [0, 0.1) is 0 Å². The number of hydrogen-bond donors (Lipinski definition) is 4. The van der Waals surface area contributed by atoms with E-state index in [1.54, 1.807) is 24.3 Å². The third-order valence-corrected chi connectivity index (χ3v) is 4.98. The summed E-state index contributed by atoms with van der Waals surface area (Å²) in [5.41, 5.74) is 5.51. The molecule has 0 saturated heterocycles. The molecule has 2 heterocycles. The summed E-state index contributed by atoms with van der Waals surface area (Å²) >= 11 is 9.86. The van der Waals surface area contributed by atoms with E-state index in [4.69, 9.17) is 21.8 Å². The Hall–Kier alpha value is -2.76. The number of aromatic nitrogens is 2. The molecule has 0 aliphatic heterocycles. The molecule has 5 N–H and O–H groups in total. The Labute approximate surface area is 181 Å². The number of benzene rings is 1. The van der Waals surface area contributed by atoms with Gasteiger partial charge in [-0.2, -0.15) is 0 Å². The Morgan fingerprint density at radius 1 is 1.21 bits per heavy atom. The summed E-state index contributed by atoms with van der Waals surface area (Å²) in [5, 5.41) is 5.73. The van der Waals surface area contributed by atoms with Gasteiger partial charge in [-0.15, -0.1) is 0 Å². The molecule has 0 saturated carbocycles. The number of nitrogens with zero attached hydrogens (tertiary/aromatic N) is 1. The van der Waals surface area contributed by atoms with Gasteiger partial charge in [-0.1, -0.05) is 23.4 Å². The van der Waals surface area contributed by atoms with Gasteiger partial charge in [0.25, 0.3) is 11.5 Å². The van der Waals surface area contributed by atoms with Gasteiger partial charge in [0.05, 0.1) is 5.75 Å². The Bertz CT molecular complexity index is 1120. The van der Waals surface area contributed by atoms with Crippen LogP contribution in [0.15, 0.2) is 55.4 Å². The number of aromatic amines is 1. The summed E-state index contributed by atoms with van der Waals surface area (Å²) in [6.07, 6.45) is 0. The molecule has 12 heteroatoms. The summed E-state index contributed by atoms with van der Waals surface area (Å²) in [7, 11) is 0. The first-order valence-corrected chi connectivity index (χ1v) is 10.1. The van der Waals surface area contributed by atoms with E-state index in [9.17, 15) is 14.4 Å². The van der Waals surface area contributed by atoms with Gasteiger partial charge in [-0.25, -0.2) is 4.98 Å². The lowest BCUT2D eigenvalue weighted by molar-refractivity contribution is -0.113. The molecule has 0 aliphatic rings. The van der Waals surface area contributed by atoms with Gasteiger partial charge in [-0.05, 0) is 52.3 Å². The second kappa shape index (κ2) is 9.16. The quantitative estimate of drug-likeness (QED) is 0.301. The number of nitrogen functional groups attached to an aromatic ring is 1. The molecular weight excluding hydrogens is 486 g/mol. The first-order valence-electron chi connectivity index (χ1n) is 7.96. The van der Waals surface area contributed by atoms with Gasteiger partial charge in [0.2, 0.25) is 5.91 Å². The molecule has 150 valence electrons. The highest BCUT2D eigenvalue weighted by Gasteiger charge is 2.17.